The van der Waals surface area contributed by atoms with E-state index in [1.54, 1.807) is 18.2 Å². The van der Waals surface area contributed by atoms with Gasteiger partial charge in [-0.05, 0) is 18.6 Å². The molecule has 0 aliphatic rings. The normalized spacial score (nSPS) is 10.5. The van der Waals surface area contributed by atoms with Gasteiger partial charge in [0, 0.05) is 11.5 Å². The molecule has 2 rings (SSSR count). The fourth-order valence-electron chi connectivity index (χ4n) is 1.45. The molecule has 4 heteroatoms. The van der Waals surface area contributed by atoms with Gasteiger partial charge in [0.1, 0.15) is 5.58 Å². The minimum Gasteiger partial charge on any atom is -0.478 e. The highest BCUT2D eigenvalue weighted by molar-refractivity contribution is 6.01. The van der Waals surface area contributed by atoms with Crippen molar-refractivity contribution in [1.82, 2.24) is 0 Å². The molecular formula is C11H8O4. The van der Waals surface area contributed by atoms with E-state index in [9.17, 15) is 9.59 Å². The molecule has 1 N–H and O–H groups in total. The number of hydrogen-bond acceptors (Lipinski definition) is 3. The Hall–Kier alpha value is -2.10. The zero-order valence-corrected chi connectivity index (χ0v) is 7.98. The highest BCUT2D eigenvalue weighted by Crippen LogP contribution is 2.18. The zero-order valence-electron chi connectivity index (χ0n) is 7.98. The summed E-state index contributed by atoms with van der Waals surface area (Å²) in [5, 5.41) is 9.33. The van der Waals surface area contributed by atoms with Crippen LogP contribution in [0.2, 0.25) is 0 Å². The van der Waals surface area contributed by atoms with E-state index in [2.05, 4.69) is 0 Å². The third kappa shape index (κ3) is 1.61. The van der Waals surface area contributed by atoms with E-state index in [0.717, 1.165) is 11.6 Å². The number of aryl methyl sites for hydroxylation is 1. The Morgan fingerprint density at radius 2 is 2.07 bits per heavy atom. The zero-order chi connectivity index (χ0) is 11.0. The van der Waals surface area contributed by atoms with E-state index in [1.807, 2.05) is 6.92 Å². The van der Waals surface area contributed by atoms with Crippen LogP contribution in [0.3, 0.4) is 0 Å². The maximum absolute atomic E-state index is 11.1. The summed E-state index contributed by atoms with van der Waals surface area (Å²) in [5.74, 6) is -1.13. The molecule has 1 aromatic heterocycles. The van der Waals surface area contributed by atoms with Crippen LogP contribution in [0.15, 0.2) is 33.5 Å². The van der Waals surface area contributed by atoms with Crippen molar-refractivity contribution < 1.29 is 14.3 Å². The van der Waals surface area contributed by atoms with Crippen molar-refractivity contribution in [2.75, 3.05) is 0 Å². The summed E-state index contributed by atoms with van der Waals surface area (Å²) >= 11 is 0. The molecule has 0 radical (unpaired) electrons. The van der Waals surface area contributed by atoms with Gasteiger partial charge >= 0.3 is 11.6 Å². The first-order valence-electron chi connectivity index (χ1n) is 4.36. The number of carboxylic acid groups (broad SMARTS) is 1. The molecule has 0 fully saturated rings. The van der Waals surface area contributed by atoms with Gasteiger partial charge in [-0.1, -0.05) is 12.1 Å². The molecule has 1 aromatic carbocycles. The van der Waals surface area contributed by atoms with Crippen molar-refractivity contribution in [3.05, 3.63) is 45.8 Å². The molecule has 76 valence electrons. The van der Waals surface area contributed by atoms with Gasteiger partial charge in [-0.15, -0.1) is 0 Å². The van der Waals surface area contributed by atoms with Crippen LogP contribution in [0, 0.1) is 6.92 Å². The predicted molar refractivity (Wildman–Crippen MR) is 54.2 cm³/mol. The second-order valence-electron chi connectivity index (χ2n) is 3.28. The summed E-state index contributed by atoms with van der Waals surface area (Å²) in [5.41, 5.74) is 0.542. The Morgan fingerprint density at radius 3 is 2.73 bits per heavy atom. The van der Waals surface area contributed by atoms with Crippen LogP contribution in [0.25, 0.3) is 11.0 Å². The minimum atomic E-state index is -1.13. The molecule has 0 amide bonds. The van der Waals surface area contributed by atoms with Crippen LogP contribution in [-0.2, 0) is 0 Å². The van der Waals surface area contributed by atoms with Gasteiger partial charge in [-0.25, -0.2) is 9.59 Å². The molecule has 0 atom stereocenters. The smallest absolute Gasteiger partial charge is 0.337 e. The maximum atomic E-state index is 11.1. The third-order valence-corrected chi connectivity index (χ3v) is 2.13. The lowest BCUT2D eigenvalue weighted by atomic mass is 10.1. The average molecular weight is 204 g/mol. The SMILES string of the molecule is Cc1ccc2c(C(=O)O)cc(=O)oc2c1. The van der Waals surface area contributed by atoms with Crippen molar-refractivity contribution in [3.63, 3.8) is 0 Å². The average Bonchev–Trinajstić information content (AvgIpc) is 2.15. The van der Waals surface area contributed by atoms with E-state index < -0.39 is 11.6 Å². The van der Waals surface area contributed by atoms with E-state index in [4.69, 9.17) is 9.52 Å². The molecule has 0 aliphatic carbocycles. The summed E-state index contributed by atoms with van der Waals surface area (Å²) in [7, 11) is 0. The van der Waals surface area contributed by atoms with Crippen molar-refractivity contribution in [2.24, 2.45) is 0 Å². The van der Waals surface area contributed by atoms with Crippen LogP contribution in [0.1, 0.15) is 15.9 Å². The topological polar surface area (TPSA) is 67.5 Å². The van der Waals surface area contributed by atoms with Gasteiger partial charge in [-0.2, -0.15) is 0 Å². The first-order chi connectivity index (χ1) is 7.08. The maximum Gasteiger partial charge on any atom is 0.337 e. The fraction of sp³-hybridized carbons (Fsp3) is 0.0909. The molecule has 1 heterocycles. The Bertz CT molecular complexity index is 595. The molecule has 4 nitrogen and oxygen atoms in total. The van der Waals surface area contributed by atoms with Gasteiger partial charge in [0.2, 0.25) is 0 Å². The van der Waals surface area contributed by atoms with Crippen molar-refractivity contribution in [1.29, 1.82) is 0 Å². The van der Waals surface area contributed by atoms with Crippen LogP contribution >= 0.6 is 0 Å². The first-order valence-corrected chi connectivity index (χ1v) is 4.36. The molecule has 0 saturated heterocycles. The predicted octanol–water partition coefficient (Wildman–Crippen LogP) is 1.80. The van der Waals surface area contributed by atoms with E-state index in [1.165, 1.54) is 0 Å². The molecule has 0 unspecified atom stereocenters. The second-order valence-corrected chi connectivity index (χ2v) is 3.28. The number of hydrogen-bond donors (Lipinski definition) is 1. The largest absolute Gasteiger partial charge is 0.478 e. The second kappa shape index (κ2) is 3.24. The van der Waals surface area contributed by atoms with Crippen molar-refractivity contribution >= 4 is 16.9 Å². The third-order valence-electron chi connectivity index (χ3n) is 2.13. The highest BCUT2D eigenvalue weighted by Gasteiger charge is 2.11. The Kier molecular flexibility index (Phi) is 2.04. The van der Waals surface area contributed by atoms with Gasteiger partial charge in [0.15, 0.2) is 0 Å². The van der Waals surface area contributed by atoms with Gasteiger partial charge in [0.05, 0.1) is 5.56 Å². The fourth-order valence-corrected chi connectivity index (χ4v) is 1.45. The molecular weight excluding hydrogens is 196 g/mol. The summed E-state index contributed by atoms with van der Waals surface area (Å²) in [6, 6.07) is 6.04. The quantitative estimate of drug-likeness (QED) is 0.719. The first kappa shape index (κ1) is 9.45. The van der Waals surface area contributed by atoms with Crippen LogP contribution < -0.4 is 5.63 Å². The Labute approximate surface area is 84.8 Å². The standard InChI is InChI=1S/C11H8O4/c1-6-2-3-7-8(11(13)14)5-10(12)15-9(7)4-6/h2-5H,1H3,(H,13,14). The number of rotatable bonds is 1. The summed E-state index contributed by atoms with van der Waals surface area (Å²) in [4.78, 5) is 22.0. The number of aromatic carboxylic acids is 1. The molecule has 0 spiro atoms. The molecule has 2 aromatic rings. The Balaban J connectivity index is 2.92. The number of carbonyl (C=O) groups is 1. The van der Waals surface area contributed by atoms with Gasteiger partial charge in [0.25, 0.3) is 0 Å². The van der Waals surface area contributed by atoms with Crippen LogP contribution in [0.4, 0.5) is 0 Å². The van der Waals surface area contributed by atoms with E-state index in [0.29, 0.717) is 11.0 Å². The molecule has 0 saturated carbocycles. The molecule has 0 bridgehead atoms. The lowest BCUT2D eigenvalue weighted by Crippen LogP contribution is -2.05. The van der Waals surface area contributed by atoms with E-state index in [-0.39, 0.29) is 5.56 Å². The van der Waals surface area contributed by atoms with Crippen molar-refractivity contribution in [2.45, 2.75) is 6.92 Å². The molecule has 0 aliphatic heterocycles. The van der Waals surface area contributed by atoms with Crippen LogP contribution in [-0.4, -0.2) is 11.1 Å². The van der Waals surface area contributed by atoms with Gasteiger partial charge in [-0.3, -0.25) is 0 Å². The van der Waals surface area contributed by atoms with Crippen LogP contribution in [0.5, 0.6) is 0 Å². The highest BCUT2D eigenvalue weighted by atomic mass is 16.4. The number of fused-ring (bicyclic) bond motifs is 1. The lowest BCUT2D eigenvalue weighted by Gasteiger charge is -2.01. The summed E-state index contributed by atoms with van der Waals surface area (Å²) in [6.45, 7) is 1.84. The summed E-state index contributed by atoms with van der Waals surface area (Å²) < 4.78 is 4.91. The Morgan fingerprint density at radius 1 is 1.33 bits per heavy atom. The number of carboxylic acids is 1. The van der Waals surface area contributed by atoms with Crippen molar-refractivity contribution in [3.8, 4) is 0 Å². The minimum absolute atomic E-state index is 0.0266. The van der Waals surface area contributed by atoms with E-state index >= 15 is 0 Å². The number of benzene rings is 1. The lowest BCUT2D eigenvalue weighted by molar-refractivity contribution is 0.0698. The summed E-state index contributed by atoms with van der Waals surface area (Å²) in [6.07, 6.45) is 0. The van der Waals surface area contributed by atoms with Gasteiger partial charge < -0.3 is 9.52 Å². The molecule has 15 heavy (non-hydrogen) atoms. The monoisotopic (exact) mass is 204 g/mol.